The van der Waals surface area contributed by atoms with Crippen LogP contribution in [-0.2, 0) is 16.1 Å². The molecule has 2 aromatic carbocycles. The van der Waals surface area contributed by atoms with Crippen LogP contribution in [0.5, 0.6) is 11.5 Å². The summed E-state index contributed by atoms with van der Waals surface area (Å²) >= 11 is 5.18. The van der Waals surface area contributed by atoms with Crippen molar-refractivity contribution < 1.29 is 19.1 Å². The monoisotopic (exact) mass is 382 g/mol. The van der Waals surface area contributed by atoms with Crippen molar-refractivity contribution in [3.05, 3.63) is 65.2 Å². The second-order valence-corrected chi connectivity index (χ2v) is 6.19. The molecule has 1 N–H and O–H groups in total. The molecule has 0 aromatic heterocycles. The van der Waals surface area contributed by atoms with Crippen LogP contribution in [0.4, 0.5) is 0 Å². The number of nitrogens with zero attached hydrogens (tertiary/aromatic N) is 1. The Kier molecular flexibility index (Phi) is 5.52. The highest BCUT2D eigenvalue weighted by atomic mass is 32.1. The number of amides is 2. The molecule has 1 aliphatic heterocycles. The number of nitrogens with one attached hydrogen (secondary N) is 1. The van der Waals surface area contributed by atoms with Crippen LogP contribution < -0.4 is 14.8 Å². The molecule has 1 aliphatic rings. The van der Waals surface area contributed by atoms with Crippen LogP contribution in [-0.4, -0.2) is 36.0 Å². The Morgan fingerprint density at radius 1 is 1.07 bits per heavy atom. The van der Waals surface area contributed by atoms with Crippen molar-refractivity contribution in [3.8, 4) is 11.5 Å². The van der Waals surface area contributed by atoms with E-state index in [1.54, 1.807) is 25.3 Å². The Morgan fingerprint density at radius 2 is 1.81 bits per heavy atom. The minimum absolute atomic E-state index is 0.0111. The molecule has 0 spiro atoms. The van der Waals surface area contributed by atoms with Crippen molar-refractivity contribution in [3.63, 3.8) is 0 Å². The average molecular weight is 382 g/mol. The molecule has 0 bridgehead atoms. The number of carbonyl (C=O) groups is 2. The maximum absolute atomic E-state index is 12.9. The lowest BCUT2D eigenvalue weighted by Crippen LogP contribution is -2.53. The molecule has 3 rings (SSSR count). The van der Waals surface area contributed by atoms with Gasteiger partial charge in [0.1, 0.15) is 17.1 Å². The van der Waals surface area contributed by atoms with E-state index in [0.29, 0.717) is 17.1 Å². The molecule has 0 atom stereocenters. The average Bonchev–Trinajstić information content (AvgIpc) is 2.69. The summed E-state index contributed by atoms with van der Waals surface area (Å²) in [5, 5.41) is 2.66. The molecule has 0 radical (unpaired) electrons. The first kappa shape index (κ1) is 18.6. The van der Waals surface area contributed by atoms with E-state index in [9.17, 15) is 9.59 Å². The Labute approximate surface area is 162 Å². The van der Waals surface area contributed by atoms with E-state index in [-0.39, 0.29) is 17.2 Å². The van der Waals surface area contributed by atoms with E-state index in [0.717, 1.165) is 5.56 Å². The number of rotatable bonds is 5. The van der Waals surface area contributed by atoms with Gasteiger partial charge in [0.15, 0.2) is 5.11 Å². The van der Waals surface area contributed by atoms with Gasteiger partial charge in [-0.3, -0.25) is 19.8 Å². The van der Waals surface area contributed by atoms with Crippen LogP contribution in [0.3, 0.4) is 0 Å². The Bertz CT molecular complexity index is 925. The van der Waals surface area contributed by atoms with Crippen molar-refractivity contribution in [1.29, 1.82) is 0 Å². The third kappa shape index (κ3) is 3.98. The largest absolute Gasteiger partial charge is 0.497 e. The zero-order valence-corrected chi connectivity index (χ0v) is 15.7. The molecule has 0 saturated carbocycles. The van der Waals surface area contributed by atoms with Gasteiger partial charge in [-0.15, -0.1) is 0 Å². The molecule has 1 heterocycles. The minimum Gasteiger partial charge on any atom is -0.497 e. The lowest BCUT2D eigenvalue weighted by molar-refractivity contribution is -0.129. The first-order chi connectivity index (χ1) is 13.0. The van der Waals surface area contributed by atoms with E-state index in [1.165, 1.54) is 18.1 Å². The topological polar surface area (TPSA) is 67.9 Å². The number of carbonyl (C=O) groups excluding carboxylic acids is 2. The molecular weight excluding hydrogens is 364 g/mol. The highest BCUT2D eigenvalue weighted by Gasteiger charge is 2.33. The predicted octanol–water partition coefficient (Wildman–Crippen LogP) is 2.53. The van der Waals surface area contributed by atoms with Gasteiger partial charge in [-0.1, -0.05) is 30.3 Å². The maximum atomic E-state index is 12.9. The fourth-order valence-electron chi connectivity index (χ4n) is 2.70. The summed E-state index contributed by atoms with van der Waals surface area (Å²) < 4.78 is 10.5. The predicted molar refractivity (Wildman–Crippen MR) is 105 cm³/mol. The normalized spacial score (nSPS) is 15.7. The number of hydrogen-bond acceptors (Lipinski definition) is 5. The molecule has 6 nitrogen and oxygen atoms in total. The van der Waals surface area contributed by atoms with Crippen LogP contribution >= 0.6 is 12.2 Å². The molecule has 0 unspecified atom stereocenters. The van der Waals surface area contributed by atoms with Crippen molar-refractivity contribution in [1.82, 2.24) is 10.2 Å². The SMILES string of the molecule is COc1ccc(C=C2C(=O)NC(=S)N(Cc3ccccc3)C2=O)c(OC)c1. The second-order valence-electron chi connectivity index (χ2n) is 5.80. The fourth-order valence-corrected chi connectivity index (χ4v) is 2.94. The van der Waals surface area contributed by atoms with E-state index < -0.39 is 11.8 Å². The van der Waals surface area contributed by atoms with Gasteiger partial charge >= 0.3 is 0 Å². The third-order valence-corrected chi connectivity index (χ3v) is 4.43. The minimum atomic E-state index is -0.535. The summed E-state index contributed by atoms with van der Waals surface area (Å²) in [5.41, 5.74) is 1.48. The molecule has 1 fully saturated rings. The summed E-state index contributed by atoms with van der Waals surface area (Å²) in [7, 11) is 3.06. The lowest BCUT2D eigenvalue weighted by Gasteiger charge is -2.29. The van der Waals surface area contributed by atoms with Gasteiger partial charge in [-0.05, 0) is 36.0 Å². The summed E-state index contributed by atoms with van der Waals surface area (Å²) in [5.74, 6) is 0.114. The highest BCUT2D eigenvalue weighted by molar-refractivity contribution is 7.80. The molecular formula is C20H18N2O4S. The van der Waals surface area contributed by atoms with Crippen LogP contribution in [0.15, 0.2) is 54.1 Å². The summed E-state index contributed by atoms with van der Waals surface area (Å²) in [6, 6.07) is 14.6. The van der Waals surface area contributed by atoms with E-state index in [1.807, 2.05) is 30.3 Å². The van der Waals surface area contributed by atoms with Crippen LogP contribution in [0.25, 0.3) is 6.08 Å². The van der Waals surface area contributed by atoms with Gasteiger partial charge in [0.05, 0.1) is 20.8 Å². The fraction of sp³-hybridized carbons (Fsp3) is 0.150. The van der Waals surface area contributed by atoms with Gasteiger partial charge in [0.2, 0.25) is 0 Å². The molecule has 7 heteroatoms. The van der Waals surface area contributed by atoms with E-state index >= 15 is 0 Å². The zero-order valence-electron chi connectivity index (χ0n) is 14.9. The van der Waals surface area contributed by atoms with Gasteiger partial charge in [0, 0.05) is 11.6 Å². The van der Waals surface area contributed by atoms with Crippen molar-refractivity contribution >= 4 is 35.2 Å². The van der Waals surface area contributed by atoms with E-state index in [2.05, 4.69) is 5.32 Å². The standard InChI is InChI=1S/C20H18N2O4S/c1-25-15-9-8-14(17(11-15)26-2)10-16-18(23)21-20(27)22(19(16)24)12-13-6-4-3-5-7-13/h3-11H,12H2,1-2H3,(H,21,23,27). The molecule has 0 aliphatic carbocycles. The molecule has 1 saturated heterocycles. The first-order valence-electron chi connectivity index (χ1n) is 8.18. The quantitative estimate of drug-likeness (QED) is 0.489. The van der Waals surface area contributed by atoms with Gasteiger partial charge < -0.3 is 9.47 Å². The Hall–Kier alpha value is -3.19. The smallest absolute Gasteiger partial charge is 0.265 e. The van der Waals surface area contributed by atoms with Gasteiger partial charge in [-0.2, -0.15) is 0 Å². The maximum Gasteiger partial charge on any atom is 0.265 e. The molecule has 27 heavy (non-hydrogen) atoms. The molecule has 2 aromatic rings. The number of benzene rings is 2. The number of ether oxygens (including phenoxy) is 2. The zero-order chi connectivity index (χ0) is 19.4. The third-order valence-electron chi connectivity index (χ3n) is 4.11. The molecule has 2 amide bonds. The van der Waals surface area contributed by atoms with E-state index in [4.69, 9.17) is 21.7 Å². The van der Waals surface area contributed by atoms with Crippen molar-refractivity contribution in [2.24, 2.45) is 0 Å². The Balaban J connectivity index is 1.94. The highest BCUT2D eigenvalue weighted by Crippen LogP contribution is 2.27. The van der Waals surface area contributed by atoms with Crippen LogP contribution in [0, 0.1) is 0 Å². The number of hydrogen-bond donors (Lipinski definition) is 1. The number of thiocarbonyl (C=S) groups is 1. The van der Waals surface area contributed by atoms with Gasteiger partial charge in [0.25, 0.3) is 11.8 Å². The van der Waals surface area contributed by atoms with Crippen LogP contribution in [0.1, 0.15) is 11.1 Å². The number of methoxy groups -OCH3 is 2. The first-order valence-corrected chi connectivity index (χ1v) is 8.59. The molecule has 138 valence electrons. The summed E-state index contributed by atoms with van der Waals surface area (Å²) in [6.07, 6.45) is 1.50. The lowest BCUT2D eigenvalue weighted by atomic mass is 10.1. The van der Waals surface area contributed by atoms with Crippen LogP contribution in [0.2, 0.25) is 0 Å². The Morgan fingerprint density at radius 3 is 2.48 bits per heavy atom. The van der Waals surface area contributed by atoms with Crippen molar-refractivity contribution in [2.45, 2.75) is 6.54 Å². The summed E-state index contributed by atoms with van der Waals surface area (Å²) in [6.45, 7) is 0.274. The van der Waals surface area contributed by atoms with Crippen molar-refractivity contribution in [2.75, 3.05) is 14.2 Å². The van der Waals surface area contributed by atoms with Gasteiger partial charge in [-0.25, -0.2) is 0 Å². The summed E-state index contributed by atoms with van der Waals surface area (Å²) in [4.78, 5) is 26.7. The second kappa shape index (κ2) is 8.01.